The number of carboxylic acids is 1. The van der Waals surface area contributed by atoms with E-state index in [-0.39, 0.29) is 68.0 Å². The van der Waals surface area contributed by atoms with Crippen LogP contribution in [0.25, 0.3) is 0 Å². The highest BCUT2D eigenvalue weighted by molar-refractivity contribution is 7.99. The number of para-hydroxylation sites is 1. The van der Waals surface area contributed by atoms with E-state index in [1.807, 2.05) is 35.2 Å². The largest absolute Gasteiger partial charge is 0.480 e. The number of anilines is 1. The number of aliphatic carboxylic acids is 1. The summed E-state index contributed by atoms with van der Waals surface area (Å²) in [5.74, 6) is -4.41. The summed E-state index contributed by atoms with van der Waals surface area (Å²) >= 11 is 1.26. The zero-order valence-corrected chi connectivity index (χ0v) is 36.6. The highest BCUT2D eigenvalue weighted by Crippen LogP contribution is 2.37. The van der Waals surface area contributed by atoms with Gasteiger partial charge in [0.15, 0.2) is 5.96 Å². The number of thioether (sulfide) groups is 1. The standard InChI is InChI=1S/C43H59N11O9S/c44-42(45)47-17-6-9-30(49-37(59)29-12-18-46-19-13-29)39(61)51-21-15-43(16-22-51)41(63)52(27-53(43)20-14-28-7-2-1-3-8-28)23-35(56)48-31(25-55)38(60)50-32-26-64-34-11-5-4-10-33(34)54(40(32)62)24-36(57)58/h1-5,7-8,10-11,29-32,46,55H,6,9,12-27H2,(H,48,56)(H,49,59)(H,50,60)(H,57,58)(H4,44,45,47)/t30-,31-,32+/m0/s1. The van der Waals surface area contributed by atoms with E-state index in [9.17, 15) is 43.8 Å². The third-order valence-electron chi connectivity index (χ3n) is 12.2. The van der Waals surface area contributed by atoms with Crippen LogP contribution in [0, 0.1) is 5.92 Å². The summed E-state index contributed by atoms with van der Waals surface area (Å²) in [4.78, 5) is 105. The van der Waals surface area contributed by atoms with Gasteiger partial charge in [0.05, 0.1) is 19.0 Å². The molecule has 0 aromatic heterocycles. The summed E-state index contributed by atoms with van der Waals surface area (Å²) in [6.45, 7) is 0.848. The Hall–Kier alpha value is -5.77. The fraction of sp³-hybridized carbons (Fsp3) is 0.535. The predicted octanol–water partition coefficient (Wildman–Crippen LogP) is -1.58. The number of fused-ring (bicyclic) bond motifs is 1. The molecule has 20 nitrogen and oxygen atoms in total. The summed E-state index contributed by atoms with van der Waals surface area (Å²) in [5.41, 5.74) is 11.4. The summed E-state index contributed by atoms with van der Waals surface area (Å²) in [6, 6.07) is 13.1. The second-order valence-corrected chi connectivity index (χ2v) is 17.6. The van der Waals surface area contributed by atoms with Crippen LogP contribution < -0.4 is 37.6 Å². The van der Waals surface area contributed by atoms with E-state index in [4.69, 9.17) is 11.5 Å². The van der Waals surface area contributed by atoms with Crippen LogP contribution in [-0.2, 0) is 40.0 Å². The lowest BCUT2D eigenvalue weighted by molar-refractivity contribution is -0.144. The Labute approximate surface area is 375 Å². The molecule has 3 atom stereocenters. The molecule has 346 valence electrons. The van der Waals surface area contributed by atoms with E-state index in [1.165, 1.54) is 16.7 Å². The number of benzene rings is 2. The second kappa shape index (κ2) is 22.2. The molecule has 0 bridgehead atoms. The van der Waals surface area contributed by atoms with Gasteiger partial charge in [0.2, 0.25) is 29.5 Å². The van der Waals surface area contributed by atoms with Gasteiger partial charge in [0, 0.05) is 42.7 Å². The van der Waals surface area contributed by atoms with Crippen LogP contribution in [-0.4, -0.2) is 167 Å². The number of guanidine groups is 1. The molecule has 0 unspecified atom stereocenters. The van der Waals surface area contributed by atoms with Crippen LogP contribution in [0.3, 0.4) is 0 Å². The summed E-state index contributed by atoms with van der Waals surface area (Å²) in [5, 5.41) is 31.1. The lowest BCUT2D eigenvalue weighted by atomic mass is 9.85. The summed E-state index contributed by atoms with van der Waals surface area (Å²) in [6.07, 6.45) is 3.26. The molecule has 10 N–H and O–H groups in total. The van der Waals surface area contributed by atoms with Gasteiger partial charge in [-0.3, -0.25) is 48.4 Å². The zero-order chi connectivity index (χ0) is 45.8. The Balaban J connectivity index is 1.11. The molecular formula is C43H59N11O9S. The number of aliphatic hydroxyl groups is 1. The molecule has 64 heavy (non-hydrogen) atoms. The van der Waals surface area contributed by atoms with Gasteiger partial charge >= 0.3 is 5.97 Å². The Bertz CT molecular complexity index is 2040. The monoisotopic (exact) mass is 905 g/mol. The first-order valence-electron chi connectivity index (χ1n) is 21.7. The van der Waals surface area contributed by atoms with Crippen LogP contribution in [0.4, 0.5) is 5.69 Å². The van der Waals surface area contributed by atoms with Crippen molar-refractivity contribution in [3.63, 3.8) is 0 Å². The Kier molecular flexibility index (Phi) is 16.6. The van der Waals surface area contributed by atoms with E-state index in [1.54, 1.807) is 29.2 Å². The molecule has 1 spiro atoms. The van der Waals surface area contributed by atoms with Crippen molar-refractivity contribution in [1.82, 2.24) is 36.0 Å². The van der Waals surface area contributed by atoms with Gasteiger partial charge in [-0.25, -0.2) is 0 Å². The van der Waals surface area contributed by atoms with E-state index in [0.29, 0.717) is 68.9 Å². The van der Waals surface area contributed by atoms with Crippen LogP contribution in [0.1, 0.15) is 44.1 Å². The van der Waals surface area contributed by atoms with Gasteiger partial charge < -0.3 is 52.7 Å². The molecule has 4 heterocycles. The zero-order valence-electron chi connectivity index (χ0n) is 35.8. The van der Waals surface area contributed by atoms with Gasteiger partial charge in [-0.15, -0.1) is 11.8 Å². The van der Waals surface area contributed by atoms with Crippen LogP contribution in [0.5, 0.6) is 0 Å². The van der Waals surface area contributed by atoms with E-state index >= 15 is 0 Å². The minimum absolute atomic E-state index is 0.0624. The van der Waals surface area contributed by atoms with Crippen molar-refractivity contribution >= 4 is 64.8 Å². The molecule has 6 amide bonds. The van der Waals surface area contributed by atoms with Crippen LogP contribution >= 0.6 is 11.8 Å². The molecule has 2 aromatic carbocycles. The number of piperidine rings is 2. The second-order valence-electron chi connectivity index (χ2n) is 16.5. The molecule has 0 saturated carbocycles. The van der Waals surface area contributed by atoms with Crippen LogP contribution in [0.15, 0.2) is 64.5 Å². The van der Waals surface area contributed by atoms with Gasteiger partial charge in [-0.05, 0) is 75.7 Å². The predicted molar refractivity (Wildman–Crippen MR) is 238 cm³/mol. The maximum atomic E-state index is 14.5. The quantitative estimate of drug-likeness (QED) is 0.0476. The highest BCUT2D eigenvalue weighted by Gasteiger charge is 2.54. The number of carboxylic acid groups (broad SMARTS) is 1. The number of hydrogen-bond donors (Lipinski definition) is 8. The highest BCUT2D eigenvalue weighted by atomic mass is 32.2. The third-order valence-corrected chi connectivity index (χ3v) is 13.4. The number of aliphatic imine (C=N–C) groups is 1. The first kappa shape index (κ1) is 47.7. The minimum atomic E-state index is -1.48. The summed E-state index contributed by atoms with van der Waals surface area (Å²) in [7, 11) is 0. The smallest absolute Gasteiger partial charge is 0.323 e. The number of rotatable bonds is 18. The molecule has 3 saturated heterocycles. The first-order valence-corrected chi connectivity index (χ1v) is 22.7. The Morgan fingerprint density at radius 2 is 1.64 bits per heavy atom. The van der Waals surface area contributed by atoms with Gasteiger partial charge in [-0.2, -0.15) is 0 Å². The number of likely N-dealkylation sites (tertiary alicyclic amines) is 1. The van der Waals surface area contributed by atoms with Crippen molar-refractivity contribution in [2.24, 2.45) is 22.4 Å². The van der Waals surface area contributed by atoms with Crippen molar-refractivity contribution in [3.8, 4) is 0 Å². The van der Waals surface area contributed by atoms with Gasteiger partial charge in [0.25, 0.3) is 5.91 Å². The number of nitrogens with zero attached hydrogens (tertiary/aromatic N) is 5. The molecule has 0 radical (unpaired) electrons. The van der Waals surface area contributed by atoms with Crippen LogP contribution in [0.2, 0.25) is 0 Å². The average Bonchev–Trinajstić information content (AvgIpc) is 3.46. The normalized spacial score (nSPS) is 19.9. The van der Waals surface area contributed by atoms with Crippen molar-refractivity contribution in [2.45, 2.75) is 73.5 Å². The average molecular weight is 906 g/mol. The van der Waals surface area contributed by atoms with E-state index in [0.717, 1.165) is 10.5 Å². The molecule has 21 heteroatoms. The Morgan fingerprint density at radius 3 is 2.33 bits per heavy atom. The SMILES string of the molecule is NC(N)=NCCC[C@H](NC(=O)C1CCNCC1)C(=O)N1CCC2(CC1)C(=O)N(CC(=O)N[C@@H](CO)C(=O)N[C@@H]1CSc3ccccc3N(CC(=O)O)C1=O)CN2CCc1ccccc1. The van der Waals surface area contributed by atoms with E-state index in [2.05, 4.69) is 26.3 Å². The molecule has 6 rings (SSSR count). The minimum Gasteiger partial charge on any atom is -0.480 e. The van der Waals surface area contributed by atoms with Crippen molar-refractivity contribution in [1.29, 1.82) is 0 Å². The van der Waals surface area contributed by atoms with Crippen molar-refractivity contribution < 1.29 is 43.8 Å². The maximum absolute atomic E-state index is 14.5. The number of nitrogens with two attached hydrogens (primary N) is 2. The molecule has 0 aliphatic carbocycles. The molecule has 3 fully saturated rings. The fourth-order valence-corrected chi connectivity index (χ4v) is 9.84. The van der Waals surface area contributed by atoms with E-state index < -0.39 is 67.1 Å². The topological polar surface area (TPSA) is 285 Å². The fourth-order valence-electron chi connectivity index (χ4n) is 8.77. The first-order chi connectivity index (χ1) is 30.8. The molecular weight excluding hydrogens is 847 g/mol. The molecule has 4 aliphatic heterocycles. The van der Waals surface area contributed by atoms with Crippen molar-refractivity contribution in [2.75, 3.05) is 76.3 Å². The number of nitrogens with one attached hydrogen (secondary N) is 4. The molecule has 4 aliphatic rings. The lowest BCUT2D eigenvalue weighted by Crippen LogP contribution is -2.60. The molecule has 2 aromatic rings. The number of carbonyl (C=O) groups excluding carboxylic acids is 6. The van der Waals surface area contributed by atoms with Crippen molar-refractivity contribution in [3.05, 3.63) is 60.2 Å². The summed E-state index contributed by atoms with van der Waals surface area (Å²) < 4.78 is 0. The number of aliphatic hydroxyl groups excluding tert-OH is 1. The number of carbonyl (C=O) groups is 7. The van der Waals surface area contributed by atoms with Gasteiger partial charge in [-0.1, -0.05) is 42.5 Å². The maximum Gasteiger partial charge on any atom is 0.323 e. The van der Waals surface area contributed by atoms with Gasteiger partial charge in [0.1, 0.15) is 36.8 Å². The third kappa shape index (κ3) is 11.9. The Morgan fingerprint density at radius 1 is 0.938 bits per heavy atom. The number of amides is 6. The number of hydrogen-bond acceptors (Lipinski definition) is 12. The lowest BCUT2D eigenvalue weighted by Gasteiger charge is -2.43.